The van der Waals surface area contributed by atoms with Gasteiger partial charge < -0.3 is 14.9 Å². The second-order valence-corrected chi connectivity index (χ2v) is 15.3. The van der Waals surface area contributed by atoms with Gasteiger partial charge in [-0.25, -0.2) is 0 Å². The molecule has 0 radical (unpaired) electrons. The molecule has 2 N–H and O–H groups in total. The maximum absolute atomic E-state index is 13.3. The number of allylic oxidation sites excluding steroid dienone is 1. The van der Waals surface area contributed by atoms with E-state index in [-0.39, 0.29) is 33.0 Å². The lowest BCUT2D eigenvalue weighted by molar-refractivity contribution is -0.233. The van der Waals surface area contributed by atoms with Gasteiger partial charge in [0.15, 0.2) is 0 Å². The van der Waals surface area contributed by atoms with Gasteiger partial charge in [-0.15, -0.1) is 0 Å². The fourth-order valence-electron chi connectivity index (χ4n) is 10.9. The minimum atomic E-state index is -0.654. The summed E-state index contributed by atoms with van der Waals surface area (Å²) in [5, 5.41) is 21.9. The molecule has 4 fully saturated rings. The number of aliphatic hydroxyl groups excluding tert-OH is 2. The summed E-state index contributed by atoms with van der Waals surface area (Å²) >= 11 is 0. The van der Waals surface area contributed by atoms with Crippen LogP contribution in [-0.4, -0.2) is 35.5 Å². The van der Waals surface area contributed by atoms with Crippen molar-refractivity contribution in [3.8, 4) is 0 Å². The quantitative estimate of drug-likeness (QED) is 0.331. The SMILES string of the molecule is COC(=O)[C@]12CCC(C)(C)CC1=C1CCC3[C@@]4(C)C[C@@H](O)[C@H](O)C(C)(C)C4CC[C@@]3(C)[C@]1(C)CC2. The zero-order chi connectivity index (χ0) is 25.8. The van der Waals surface area contributed by atoms with Gasteiger partial charge in [-0.2, -0.15) is 0 Å². The molecule has 0 heterocycles. The first-order valence-electron chi connectivity index (χ1n) is 14.3. The Balaban J connectivity index is 1.63. The van der Waals surface area contributed by atoms with E-state index in [4.69, 9.17) is 4.74 Å². The number of aliphatic hydroxyl groups is 2. The van der Waals surface area contributed by atoms with Gasteiger partial charge in [-0.1, -0.05) is 59.6 Å². The molecule has 4 heteroatoms. The van der Waals surface area contributed by atoms with Crippen molar-refractivity contribution in [2.24, 2.45) is 44.3 Å². The summed E-state index contributed by atoms with van der Waals surface area (Å²) in [6.45, 7) is 16.6. The Morgan fingerprint density at radius 3 is 2.17 bits per heavy atom. The van der Waals surface area contributed by atoms with E-state index < -0.39 is 17.6 Å². The van der Waals surface area contributed by atoms with Crippen molar-refractivity contribution in [2.75, 3.05) is 7.11 Å². The van der Waals surface area contributed by atoms with Crippen molar-refractivity contribution in [2.45, 2.75) is 125 Å². The lowest BCUT2D eigenvalue weighted by Crippen LogP contribution is -2.66. The molecule has 0 aromatic rings. The third-order valence-electron chi connectivity index (χ3n) is 13.1. The summed E-state index contributed by atoms with van der Waals surface area (Å²) in [5.41, 5.74) is 2.73. The monoisotopic (exact) mass is 486 g/mol. The zero-order valence-electron chi connectivity index (χ0n) is 23.6. The molecule has 198 valence electrons. The molecule has 0 amide bonds. The Kier molecular flexibility index (Phi) is 5.59. The standard InChI is InChI=1S/C31H50O4/c1-26(2)13-15-31(25(34)35-8)16-14-29(6)19(20(31)17-26)9-10-23-28(5)18-21(32)24(33)27(3,4)22(28)11-12-30(23,29)7/h21-24,32-33H,9-18H2,1-8H3/t21-,22?,23?,24+,28+,29-,30-,31+/m1/s1. The highest BCUT2D eigenvalue weighted by atomic mass is 16.5. The number of fused-ring (bicyclic) bond motifs is 6. The zero-order valence-corrected chi connectivity index (χ0v) is 23.6. The van der Waals surface area contributed by atoms with Gasteiger partial charge in [-0.3, -0.25) is 4.79 Å². The second-order valence-electron chi connectivity index (χ2n) is 15.3. The van der Waals surface area contributed by atoms with E-state index in [0.717, 1.165) is 57.8 Å². The molecule has 5 rings (SSSR count). The molecule has 5 aliphatic rings. The van der Waals surface area contributed by atoms with Gasteiger partial charge in [-0.05, 0) is 103 Å². The molecule has 0 bridgehead atoms. The lowest BCUT2D eigenvalue weighted by Gasteiger charge is -2.71. The van der Waals surface area contributed by atoms with Crippen LogP contribution in [0.4, 0.5) is 0 Å². The summed E-state index contributed by atoms with van der Waals surface area (Å²) < 4.78 is 5.47. The van der Waals surface area contributed by atoms with E-state index in [0.29, 0.717) is 18.3 Å². The molecule has 5 aliphatic carbocycles. The topological polar surface area (TPSA) is 66.8 Å². The maximum Gasteiger partial charge on any atom is 0.315 e. The second kappa shape index (κ2) is 7.59. The number of hydrogen-bond acceptors (Lipinski definition) is 4. The van der Waals surface area contributed by atoms with Gasteiger partial charge in [0.2, 0.25) is 0 Å². The van der Waals surface area contributed by atoms with Crippen molar-refractivity contribution >= 4 is 5.97 Å². The minimum absolute atomic E-state index is 0.00774. The lowest BCUT2D eigenvalue weighted by atomic mass is 9.34. The molecule has 0 aliphatic heterocycles. The van der Waals surface area contributed by atoms with Gasteiger partial charge in [0.1, 0.15) is 0 Å². The van der Waals surface area contributed by atoms with Crippen molar-refractivity contribution in [3.05, 3.63) is 11.1 Å². The van der Waals surface area contributed by atoms with Gasteiger partial charge in [0.05, 0.1) is 24.7 Å². The Hall–Kier alpha value is -0.870. The van der Waals surface area contributed by atoms with Crippen LogP contribution in [0.15, 0.2) is 11.1 Å². The molecule has 0 saturated heterocycles. The number of hydrogen-bond donors (Lipinski definition) is 2. The summed E-state index contributed by atoms with van der Waals surface area (Å²) in [7, 11) is 1.57. The molecule has 8 atom stereocenters. The third kappa shape index (κ3) is 3.14. The highest BCUT2D eigenvalue weighted by Crippen LogP contribution is 2.75. The van der Waals surface area contributed by atoms with Crippen LogP contribution in [0.2, 0.25) is 0 Å². The first-order chi connectivity index (χ1) is 16.1. The molecule has 4 saturated carbocycles. The first kappa shape index (κ1) is 25.8. The van der Waals surface area contributed by atoms with E-state index in [1.165, 1.54) is 5.57 Å². The average Bonchev–Trinajstić information content (AvgIpc) is 2.77. The van der Waals surface area contributed by atoms with Gasteiger partial charge in [0, 0.05) is 0 Å². The fourth-order valence-corrected chi connectivity index (χ4v) is 10.9. The predicted molar refractivity (Wildman–Crippen MR) is 139 cm³/mol. The van der Waals surface area contributed by atoms with E-state index in [1.54, 1.807) is 12.7 Å². The summed E-state index contributed by atoms with van der Waals surface area (Å²) in [6, 6.07) is 0. The summed E-state index contributed by atoms with van der Waals surface area (Å²) in [6.07, 6.45) is 8.78. The van der Waals surface area contributed by atoms with Crippen LogP contribution in [-0.2, 0) is 9.53 Å². The normalized spacial score (nSPS) is 50.3. The van der Waals surface area contributed by atoms with Crippen molar-refractivity contribution in [1.82, 2.24) is 0 Å². The maximum atomic E-state index is 13.3. The van der Waals surface area contributed by atoms with E-state index >= 15 is 0 Å². The third-order valence-corrected chi connectivity index (χ3v) is 13.1. The van der Waals surface area contributed by atoms with Crippen LogP contribution < -0.4 is 0 Å². The molecule has 4 nitrogen and oxygen atoms in total. The highest BCUT2D eigenvalue weighted by Gasteiger charge is 2.69. The highest BCUT2D eigenvalue weighted by molar-refractivity contribution is 5.82. The Labute approximate surface area is 213 Å². The molecule has 35 heavy (non-hydrogen) atoms. The van der Waals surface area contributed by atoms with Crippen LogP contribution in [0.5, 0.6) is 0 Å². The van der Waals surface area contributed by atoms with E-state index in [9.17, 15) is 15.0 Å². The Bertz CT molecular complexity index is 948. The van der Waals surface area contributed by atoms with Crippen LogP contribution in [0.1, 0.15) is 113 Å². The average molecular weight is 487 g/mol. The molecule has 0 aromatic heterocycles. The molecule has 0 spiro atoms. The summed E-state index contributed by atoms with van der Waals surface area (Å²) in [5.74, 6) is 0.911. The number of rotatable bonds is 1. The number of carbonyl (C=O) groups excluding carboxylic acids is 1. The van der Waals surface area contributed by atoms with E-state index in [1.807, 2.05) is 0 Å². The van der Waals surface area contributed by atoms with Crippen molar-refractivity contribution < 1.29 is 19.7 Å². The number of carbonyl (C=O) groups is 1. The van der Waals surface area contributed by atoms with Gasteiger partial charge >= 0.3 is 5.97 Å². The molecular formula is C31H50O4. The van der Waals surface area contributed by atoms with Crippen molar-refractivity contribution in [1.29, 1.82) is 0 Å². The molecule has 2 unspecified atom stereocenters. The largest absolute Gasteiger partial charge is 0.468 e. The van der Waals surface area contributed by atoms with E-state index in [2.05, 4.69) is 48.5 Å². The summed E-state index contributed by atoms with van der Waals surface area (Å²) in [4.78, 5) is 13.3. The van der Waals surface area contributed by atoms with Crippen LogP contribution >= 0.6 is 0 Å². The van der Waals surface area contributed by atoms with Gasteiger partial charge in [0.25, 0.3) is 0 Å². The Morgan fingerprint density at radius 1 is 0.857 bits per heavy atom. The van der Waals surface area contributed by atoms with Crippen LogP contribution in [0, 0.1) is 44.3 Å². The Morgan fingerprint density at radius 2 is 1.51 bits per heavy atom. The molecule has 0 aromatic carbocycles. The molecular weight excluding hydrogens is 436 g/mol. The fraction of sp³-hybridized carbons (Fsp3) is 0.903. The van der Waals surface area contributed by atoms with Crippen LogP contribution in [0.25, 0.3) is 0 Å². The smallest absolute Gasteiger partial charge is 0.315 e. The number of ether oxygens (including phenoxy) is 1. The minimum Gasteiger partial charge on any atom is -0.468 e. The number of esters is 1. The predicted octanol–water partition coefficient (Wildman–Crippen LogP) is 6.44. The van der Waals surface area contributed by atoms with Crippen LogP contribution in [0.3, 0.4) is 0 Å². The number of methoxy groups -OCH3 is 1. The first-order valence-corrected chi connectivity index (χ1v) is 14.3. The van der Waals surface area contributed by atoms with Crippen molar-refractivity contribution in [3.63, 3.8) is 0 Å².